The van der Waals surface area contributed by atoms with E-state index in [9.17, 15) is 4.79 Å². The maximum atomic E-state index is 12.1. The van der Waals surface area contributed by atoms with Crippen LogP contribution in [0.15, 0.2) is 6.33 Å². The standard InChI is InChI=1S/C12H21N5O/c1-2-10-4-3-6-16(7-5-10)11(18)8-17-9-14-12(13)15-17/h9-10H,2-8H2,1H3,(H2,13,15). The summed E-state index contributed by atoms with van der Waals surface area (Å²) in [4.78, 5) is 17.9. The minimum atomic E-state index is 0.108. The third-order valence-electron chi connectivity index (χ3n) is 3.63. The minimum absolute atomic E-state index is 0.108. The van der Waals surface area contributed by atoms with Crippen LogP contribution in [0.4, 0.5) is 5.95 Å². The molecule has 6 nitrogen and oxygen atoms in total. The first-order valence-electron chi connectivity index (χ1n) is 6.61. The van der Waals surface area contributed by atoms with E-state index in [0.29, 0.717) is 0 Å². The average Bonchev–Trinajstić information content (AvgIpc) is 2.65. The van der Waals surface area contributed by atoms with E-state index in [1.165, 1.54) is 23.9 Å². The molecule has 1 amide bonds. The number of hydrogen-bond donors (Lipinski definition) is 1. The van der Waals surface area contributed by atoms with Crippen LogP contribution in [0, 0.1) is 5.92 Å². The van der Waals surface area contributed by atoms with Crippen LogP contribution in [0.2, 0.25) is 0 Å². The number of nitrogen functional groups attached to an aromatic ring is 1. The lowest BCUT2D eigenvalue weighted by Crippen LogP contribution is -2.34. The fourth-order valence-electron chi connectivity index (χ4n) is 2.45. The smallest absolute Gasteiger partial charge is 0.244 e. The van der Waals surface area contributed by atoms with Crippen LogP contribution >= 0.6 is 0 Å². The van der Waals surface area contributed by atoms with Crippen molar-refractivity contribution in [1.82, 2.24) is 19.7 Å². The number of rotatable bonds is 3. The first-order valence-corrected chi connectivity index (χ1v) is 6.61. The first-order chi connectivity index (χ1) is 8.69. The van der Waals surface area contributed by atoms with Gasteiger partial charge in [0.15, 0.2) is 0 Å². The van der Waals surface area contributed by atoms with E-state index in [4.69, 9.17) is 5.73 Å². The summed E-state index contributed by atoms with van der Waals surface area (Å²) in [5.41, 5.74) is 5.43. The number of carbonyl (C=O) groups excluding carboxylic acids is 1. The molecule has 1 saturated heterocycles. The largest absolute Gasteiger partial charge is 0.367 e. The van der Waals surface area contributed by atoms with E-state index in [-0.39, 0.29) is 18.4 Å². The van der Waals surface area contributed by atoms with Gasteiger partial charge < -0.3 is 10.6 Å². The molecule has 1 fully saturated rings. The van der Waals surface area contributed by atoms with Crippen molar-refractivity contribution >= 4 is 11.9 Å². The van der Waals surface area contributed by atoms with Crippen LogP contribution in [-0.2, 0) is 11.3 Å². The van der Waals surface area contributed by atoms with Gasteiger partial charge in [0.2, 0.25) is 11.9 Å². The molecule has 2 N–H and O–H groups in total. The van der Waals surface area contributed by atoms with Gasteiger partial charge in [-0.05, 0) is 25.2 Å². The van der Waals surface area contributed by atoms with Gasteiger partial charge in [0, 0.05) is 13.1 Å². The van der Waals surface area contributed by atoms with Gasteiger partial charge in [-0.3, -0.25) is 4.79 Å². The molecule has 0 radical (unpaired) electrons. The fourth-order valence-corrected chi connectivity index (χ4v) is 2.45. The molecule has 2 rings (SSSR count). The zero-order chi connectivity index (χ0) is 13.0. The zero-order valence-corrected chi connectivity index (χ0v) is 10.9. The lowest BCUT2D eigenvalue weighted by atomic mass is 9.98. The van der Waals surface area contributed by atoms with Gasteiger partial charge in [-0.25, -0.2) is 9.67 Å². The Morgan fingerprint density at radius 1 is 1.50 bits per heavy atom. The summed E-state index contributed by atoms with van der Waals surface area (Å²) in [6, 6.07) is 0. The molecule has 1 unspecified atom stereocenters. The molecule has 18 heavy (non-hydrogen) atoms. The van der Waals surface area contributed by atoms with E-state index >= 15 is 0 Å². The zero-order valence-electron chi connectivity index (χ0n) is 10.9. The minimum Gasteiger partial charge on any atom is -0.367 e. The quantitative estimate of drug-likeness (QED) is 0.865. The molecular formula is C12H21N5O. The lowest BCUT2D eigenvalue weighted by Gasteiger charge is -2.20. The molecule has 0 aromatic carbocycles. The topological polar surface area (TPSA) is 77.0 Å². The Hall–Kier alpha value is -1.59. The average molecular weight is 251 g/mol. The number of nitrogens with zero attached hydrogens (tertiary/aromatic N) is 4. The van der Waals surface area contributed by atoms with Crippen molar-refractivity contribution in [3.8, 4) is 0 Å². The second-order valence-corrected chi connectivity index (χ2v) is 4.89. The monoisotopic (exact) mass is 251 g/mol. The molecule has 0 bridgehead atoms. The molecule has 1 aliphatic heterocycles. The van der Waals surface area contributed by atoms with Gasteiger partial charge in [0.1, 0.15) is 12.9 Å². The number of anilines is 1. The maximum absolute atomic E-state index is 12.1. The van der Waals surface area contributed by atoms with Gasteiger partial charge in [0.25, 0.3) is 0 Å². The highest BCUT2D eigenvalue weighted by Gasteiger charge is 2.20. The van der Waals surface area contributed by atoms with Crippen LogP contribution in [0.3, 0.4) is 0 Å². The Labute approximate surface area is 107 Å². The molecule has 100 valence electrons. The second kappa shape index (κ2) is 5.84. The Kier molecular flexibility index (Phi) is 4.17. The number of carbonyl (C=O) groups is 1. The SMILES string of the molecule is CCC1CCCN(C(=O)Cn2cnc(N)n2)CC1. The summed E-state index contributed by atoms with van der Waals surface area (Å²) >= 11 is 0. The number of amides is 1. The number of hydrogen-bond acceptors (Lipinski definition) is 4. The molecule has 0 spiro atoms. The van der Waals surface area contributed by atoms with Crippen molar-refractivity contribution in [2.45, 2.75) is 39.2 Å². The summed E-state index contributed by atoms with van der Waals surface area (Å²) in [7, 11) is 0. The van der Waals surface area contributed by atoms with Gasteiger partial charge in [-0.15, -0.1) is 5.10 Å². The van der Waals surface area contributed by atoms with E-state index < -0.39 is 0 Å². The van der Waals surface area contributed by atoms with E-state index in [2.05, 4.69) is 17.0 Å². The van der Waals surface area contributed by atoms with Crippen LogP contribution in [-0.4, -0.2) is 38.7 Å². The molecule has 0 aliphatic carbocycles. The molecule has 6 heteroatoms. The summed E-state index contributed by atoms with van der Waals surface area (Å²) in [5.74, 6) is 1.09. The van der Waals surface area contributed by atoms with Gasteiger partial charge in [-0.2, -0.15) is 0 Å². The predicted molar refractivity (Wildman–Crippen MR) is 68.6 cm³/mol. The van der Waals surface area contributed by atoms with Crippen molar-refractivity contribution in [1.29, 1.82) is 0 Å². The molecule has 1 aliphatic rings. The maximum Gasteiger partial charge on any atom is 0.244 e. The van der Waals surface area contributed by atoms with Crippen LogP contribution < -0.4 is 5.73 Å². The highest BCUT2D eigenvalue weighted by Crippen LogP contribution is 2.20. The summed E-state index contributed by atoms with van der Waals surface area (Å²) < 4.78 is 1.50. The van der Waals surface area contributed by atoms with E-state index in [1.807, 2.05) is 4.90 Å². The highest BCUT2D eigenvalue weighted by molar-refractivity contribution is 5.75. The second-order valence-electron chi connectivity index (χ2n) is 4.89. The van der Waals surface area contributed by atoms with Crippen molar-refractivity contribution in [2.24, 2.45) is 5.92 Å². The lowest BCUT2D eigenvalue weighted by molar-refractivity contribution is -0.132. The molecule has 1 aromatic rings. The summed E-state index contributed by atoms with van der Waals surface area (Å²) in [6.07, 6.45) is 6.16. The van der Waals surface area contributed by atoms with E-state index in [0.717, 1.165) is 31.8 Å². The third-order valence-corrected chi connectivity index (χ3v) is 3.63. The third kappa shape index (κ3) is 3.21. The molecular weight excluding hydrogens is 230 g/mol. The molecule has 1 aromatic heterocycles. The Bertz CT molecular complexity index is 403. The Morgan fingerprint density at radius 3 is 3.00 bits per heavy atom. The van der Waals surface area contributed by atoms with Gasteiger partial charge in [0.05, 0.1) is 0 Å². The van der Waals surface area contributed by atoms with Crippen LogP contribution in [0.1, 0.15) is 32.6 Å². The molecule has 1 atom stereocenters. The van der Waals surface area contributed by atoms with Crippen molar-refractivity contribution in [3.63, 3.8) is 0 Å². The number of likely N-dealkylation sites (tertiary alicyclic amines) is 1. The first kappa shape index (κ1) is 12.9. The van der Waals surface area contributed by atoms with Crippen LogP contribution in [0.5, 0.6) is 0 Å². The molecule has 2 heterocycles. The van der Waals surface area contributed by atoms with Crippen LogP contribution in [0.25, 0.3) is 0 Å². The summed E-state index contributed by atoms with van der Waals surface area (Å²) in [5, 5.41) is 3.94. The van der Waals surface area contributed by atoms with E-state index in [1.54, 1.807) is 0 Å². The van der Waals surface area contributed by atoms with Crippen molar-refractivity contribution in [3.05, 3.63) is 6.33 Å². The Morgan fingerprint density at radius 2 is 2.33 bits per heavy atom. The predicted octanol–water partition coefficient (Wildman–Crippen LogP) is 0.899. The summed E-state index contributed by atoms with van der Waals surface area (Å²) in [6.45, 7) is 4.18. The normalized spacial score (nSPS) is 20.7. The highest BCUT2D eigenvalue weighted by atomic mass is 16.2. The van der Waals surface area contributed by atoms with Crippen molar-refractivity contribution in [2.75, 3.05) is 18.8 Å². The molecule has 0 saturated carbocycles. The van der Waals surface area contributed by atoms with Gasteiger partial charge >= 0.3 is 0 Å². The Balaban J connectivity index is 1.89. The number of nitrogens with two attached hydrogens (primary N) is 1. The van der Waals surface area contributed by atoms with Gasteiger partial charge in [-0.1, -0.05) is 13.3 Å². The number of aromatic nitrogens is 3. The van der Waals surface area contributed by atoms with Crippen molar-refractivity contribution < 1.29 is 4.79 Å². The fraction of sp³-hybridized carbons (Fsp3) is 0.750.